The van der Waals surface area contributed by atoms with Gasteiger partial charge in [0.05, 0.1) is 0 Å². The second-order valence-electron chi connectivity index (χ2n) is 22.4. The highest BCUT2D eigenvalue weighted by Gasteiger charge is 2.19. The molecule has 6 heteroatoms. The molecule has 0 saturated carbocycles. The van der Waals surface area contributed by atoms with Gasteiger partial charge in [0.15, 0.2) is 6.10 Å². The maximum absolute atomic E-state index is 12.9. The second kappa shape index (κ2) is 63.2. The molecule has 1 unspecified atom stereocenters. The van der Waals surface area contributed by atoms with E-state index in [2.05, 4.69) is 57.2 Å². The number of allylic oxidation sites excluding steroid dienone is 6. The number of esters is 3. The van der Waals surface area contributed by atoms with Crippen molar-refractivity contribution in [3.63, 3.8) is 0 Å². The number of rotatable bonds is 61. The van der Waals surface area contributed by atoms with Crippen LogP contribution in [0.4, 0.5) is 0 Å². The van der Waals surface area contributed by atoms with Crippen molar-refractivity contribution in [3.8, 4) is 0 Å². The fourth-order valence-electron chi connectivity index (χ4n) is 9.85. The van der Waals surface area contributed by atoms with E-state index in [1.165, 1.54) is 250 Å². The average molecular weight is 1040 g/mol. The summed E-state index contributed by atoms with van der Waals surface area (Å²) in [7, 11) is 0. The molecule has 0 aliphatic carbocycles. The summed E-state index contributed by atoms with van der Waals surface area (Å²) in [4.78, 5) is 38.2. The molecule has 6 nitrogen and oxygen atoms in total. The second-order valence-corrected chi connectivity index (χ2v) is 22.4. The lowest BCUT2D eigenvalue weighted by atomic mass is 10.0. The molecule has 0 aliphatic heterocycles. The standard InChI is InChI=1S/C68H126O6/c1-4-7-10-13-16-19-22-24-26-28-29-30-31-32-33-34-35-36-37-38-39-41-42-44-46-49-52-55-58-61-67(70)73-64-65(63-72-66(69)60-57-54-51-48-21-18-15-12-9-6-3)74-68(71)62-59-56-53-50-47-45-43-40-27-25-23-20-17-14-11-8-5-2/h12,15,25,27-29,65H,4-11,13-14,16-24,26,30-64H2,1-3H3/b15-12-,27-25-,29-28-. The van der Waals surface area contributed by atoms with E-state index in [0.29, 0.717) is 19.3 Å². The largest absolute Gasteiger partial charge is 0.462 e. The summed E-state index contributed by atoms with van der Waals surface area (Å²) >= 11 is 0. The van der Waals surface area contributed by atoms with Gasteiger partial charge in [-0.3, -0.25) is 14.4 Å². The van der Waals surface area contributed by atoms with E-state index in [0.717, 1.165) is 70.6 Å². The molecule has 0 aromatic rings. The molecule has 434 valence electrons. The van der Waals surface area contributed by atoms with Gasteiger partial charge >= 0.3 is 17.9 Å². The molecule has 0 saturated heterocycles. The maximum atomic E-state index is 12.9. The Labute approximate surface area is 461 Å². The number of hydrogen-bond donors (Lipinski definition) is 0. The van der Waals surface area contributed by atoms with E-state index in [1.54, 1.807) is 0 Å². The van der Waals surface area contributed by atoms with Gasteiger partial charge in [0.25, 0.3) is 0 Å². The van der Waals surface area contributed by atoms with Crippen LogP contribution in [0.25, 0.3) is 0 Å². The Bertz CT molecular complexity index is 1240. The third-order valence-corrected chi connectivity index (χ3v) is 14.8. The molecule has 0 N–H and O–H groups in total. The molecule has 0 heterocycles. The summed E-state index contributed by atoms with van der Waals surface area (Å²) in [6, 6.07) is 0. The average Bonchev–Trinajstić information content (AvgIpc) is 3.40. The number of carbonyl (C=O) groups excluding carboxylic acids is 3. The fraction of sp³-hybridized carbons (Fsp3) is 0.868. The minimum atomic E-state index is -0.775. The van der Waals surface area contributed by atoms with Gasteiger partial charge < -0.3 is 14.2 Å². The zero-order valence-corrected chi connectivity index (χ0v) is 49.9. The molecular weight excluding hydrogens is 913 g/mol. The molecule has 74 heavy (non-hydrogen) atoms. The molecule has 1 atom stereocenters. The normalized spacial score (nSPS) is 12.2. The van der Waals surface area contributed by atoms with Crippen LogP contribution in [0.3, 0.4) is 0 Å². The molecule has 0 fully saturated rings. The Morgan fingerprint density at radius 2 is 0.473 bits per heavy atom. The van der Waals surface area contributed by atoms with Crippen molar-refractivity contribution in [1.29, 1.82) is 0 Å². The van der Waals surface area contributed by atoms with Crippen molar-refractivity contribution < 1.29 is 28.6 Å². The lowest BCUT2D eigenvalue weighted by Crippen LogP contribution is -2.30. The van der Waals surface area contributed by atoms with Crippen molar-refractivity contribution in [2.75, 3.05) is 13.2 Å². The quantitative estimate of drug-likeness (QED) is 0.0261. The van der Waals surface area contributed by atoms with Crippen molar-refractivity contribution in [3.05, 3.63) is 36.5 Å². The molecule has 0 rings (SSSR count). The lowest BCUT2D eigenvalue weighted by molar-refractivity contribution is -0.167. The van der Waals surface area contributed by atoms with E-state index in [-0.39, 0.29) is 31.1 Å². The maximum Gasteiger partial charge on any atom is 0.306 e. The Kier molecular flexibility index (Phi) is 61.1. The minimum absolute atomic E-state index is 0.0729. The highest BCUT2D eigenvalue weighted by atomic mass is 16.6. The van der Waals surface area contributed by atoms with Crippen LogP contribution >= 0.6 is 0 Å². The first-order chi connectivity index (χ1) is 36.5. The van der Waals surface area contributed by atoms with Gasteiger partial charge in [0, 0.05) is 19.3 Å². The van der Waals surface area contributed by atoms with Crippen molar-refractivity contribution in [2.24, 2.45) is 0 Å². The first-order valence-corrected chi connectivity index (χ1v) is 33.0. The highest BCUT2D eigenvalue weighted by Crippen LogP contribution is 2.17. The Hall–Kier alpha value is -2.37. The third-order valence-electron chi connectivity index (χ3n) is 14.8. The number of ether oxygens (including phenoxy) is 3. The monoisotopic (exact) mass is 1040 g/mol. The Balaban J connectivity index is 4.11. The van der Waals surface area contributed by atoms with E-state index in [4.69, 9.17) is 14.2 Å². The van der Waals surface area contributed by atoms with Crippen LogP contribution in [-0.2, 0) is 28.6 Å². The van der Waals surface area contributed by atoms with Crippen molar-refractivity contribution in [2.45, 2.75) is 367 Å². The van der Waals surface area contributed by atoms with Crippen LogP contribution in [0.2, 0.25) is 0 Å². The van der Waals surface area contributed by atoms with Gasteiger partial charge in [0.1, 0.15) is 13.2 Å². The third kappa shape index (κ3) is 60.5. The van der Waals surface area contributed by atoms with E-state index >= 15 is 0 Å². The summed E-state index contributed by atoms with van der Waals surface area (Å²) in [5.74, 6) is -0.868. The van der Waals surface area contributed by atoms with Crippen molar-refractivity contribution in [1.82, 2.24) is 0 Å². The fourth-order valence-corrected chi connectivity index (χ4v) is 9.85. The molecule has 0 radical (unpaired) electrons. The van der Waals surface area contributed by atoms with Crippen LogP contribution in [0, 0.1) is 0 Å². The van der Waals surface area contributed by atoms with Crippen LogP contribution in [0.1, 0.15) is 361 Å². The number of carbonyl (C=O) groups is 3. The van der Waals surface area contributed by atoms with Gasteiger partial charge in [0.2, 0.25) is 0 Å². The molecule has 0 aromatic heterocycles. The summed E-state index contributed by atoms with van der Waals surface area (Å²) in [6.45, 7) is 6.62. The van der Waals surface area contributed by atoms with Crippen LogP contribution < -0.4 is 0 Å². The molecule has 0 aliphatic rings. The molecular formula is C68H126O6. The first-order valence-electron chi connectivity index (χ1n) is 33.0. The summed E-state index contributed by atoms with van der Waals surface area (Å²) in [6.07, 6.45) is 77.5. The molecule has 0 aromatic carbocycles. The first kappa shape index (κ1) is 71.6. The van der Waals surface area contributed by atoms with E-state index in [9.17, 15) is 14.4 Å². The van der Waals surface area contributed by atoms with Gasteiger partial charge in [-0.05, 0) is 89.9 Å². The van der Waals surface area contributed by atoms with Crippen LogP contribution in [-0.4, -0.2) is 37.2 Å². The topological polar surface area (TPSA) is 78.9 Å². The molecule has 0 bridgehead atoms. The van der Waals surface area contributed by atoms with E-state index in [1.807, 2.05) is 0 Å². The summed E-state index contributed by atoms with van der Waals surface area (Å²) < 4.78 is 16.9. The molecule has 0 spiro atoms. The Morgan fingerprint density at radius 1 is 0.257 bits per heavy atom. The van der Waals surface area contributed by atoms with Gasteiger partial charge in [-0.2, -0.15) is 0 Å². The zero-order chi connectivity index (χ0) is 53.6. The highest BCUT2D eigenvalue weighted by molar-refractivity contribution is 5.71. The predicted molar refractivity (Wildman–Crippen MR) is 321 cm³/mol. The summed E-state index contributed by atoms with van der Waals surface area (Å²) in [5.41, 5.74) is 0. The summed E-state index contributed by atoms with van der Waals surface area (Å²) in [5, 5.41) is 0. The number of unbranched alkanes of at least 4 members (excludes halogenated alkanes) is 44. The van der Waals surface area contributed by atoms with Crippen molar-refractivity contribution >= 4 is 17.9 Å². The van der Waals surface area contributed by atoms with Crippen LogP contribution in [0.15, 0.2) is 36.5 Å². The van der Waals surface area contributed by atoms with Gasteiger partial charge in [-0.1, -0.05) is 288 Å². The smallest absolute Gasteiger partial charge is 0.306 e. The Morgan fingerprint density at radius 3 is 0.730 bits per heavy atom. The SMILES string of the molecule is CCC/C=C\CCCCCCCC(=O)OCC(COC(=O)CCCCCCCCCCCCCCCCCCC/C=C\CCCCCCCCCC)OC(=O)CCCCCCCCC/C=C\CCCCCCCC. The van der Waals surface area contributed by atoms with Gasteiger partial charge in [-0.15, -0.1) is 0 Å². The van der Waals surface area contributed by atoms with Gasteiger partial charge in [-0.25, -0.2) is 0 Å². The predicted octanol–water partition coefficient (Wildman–Crippen LogP) is 22.4. The van der Waals surface area contributed by atoms with E-state index < -0.39 is 6.10 Å². The lowest BCUT2D eigenvalue weighted by Gasteiger charge is -2.18. The van der Waals surface area contributed by atoms with Crippen LogP contribution in [0.5, 0.6) is 0 Å². The molecule has 0 amide bonds. The minimum Gasteiger partial charge on any atom is -0.462 e. The zero-order valence-electron chi connectivity index (χ0n) is 49.9. The number of hydrogen-bond acceptors (Lipinski definition) is 6.